The van der Waals surface area contributed by atoms with E-state index in [9.17, 15) is 4.79 Å². The summed E-state index contributed by atoms with van der Waals surface area (Å²) in [6.07, 6.45) is 6.38. The average Bonchev–Trinajstić information content (AvgIpc) is 2.33. The normalized spacial score (nSPS) is 40.2. The predicted molar refractivity (Wildman–Crippen MR) is 70.9 cm³/mol. The van der Waals surface area contributed by atoms with Gasteiger partial charge in [-0.05, 0) is 57.4 Å². The molecule has 17 heavy (non-hydrogen) atoms. The molecule has 0 bridgehead atoms. The molecule has 1 saturated carbocycles. The molecule has 1 aliphatic carbocycles. The summed E-state index contributed by atoms with van der Waals surface area (Å²) in [6.45, 7) is 8.79. The number of carbonyl (C=O) groups is 1. The van der Waals surface area contributed by atoms with Gasteiger partial charge in [-0.1, -0.05) is 13.8 Å². The van der Waals surface area contributed by atoms with Gasteiger partial charge < -0.3 is 0 Å². The second kappa shape index (κ2) is 5.51. The second-order valence-corrected chi connectivity index (χ2v) is 6.37. The Balaban J connectivity index is 1.91. The zero-order chi connectivity index (χ0) is 12.4. The van der Waals surface area contributed by atoms with Crippen LogP contribution in [0.3, 0.4) is 0 Å². The molecule has 4 unspecified atom stereocenters. The third-order valence-corrected chi connectivity index (χ3v) is 5.11. The highest BCUT2D eigenvalue weighted by atomic mass is 16.1. The first-order valence-electron chi connectivity index (χ1n) is 7.32. The van der Waals surface area contributed by atoms with Crippen LogP contribution in [0.2, 0.25) is 0 Å². The number of hydrogen-bond donors (Lipinski definition) is 0. The number of ketones is 1. The second-order valence-electron chi connectivity index (χ2n) is 6.37. The SMILES string of the molecule is CC(=O)C1CCCN(C2CCC(C)C(C)C2)C1. The van der Waals surface area contributed by atoms with Crippen molar-refractivity contribution in [3.05, 3.63) is 0 Å². The number of Topliss-reactive ketones (excluding diaryl/α,β-unsaturated/α-hetero) is 1. The fourth-order valence-corrected chi connectivity index (χ4v) is 3.52. The van der Waals surface area contributed by atoms with Crippen molar-refractivity contribution in [1.29, 1.82) is 0 Å². The van der Waals surface area contributed by atoms with Gasteiger partial charge in [0.05, 0.1) is 0 Å². The highest BCUT2D eigenvalue weighted by Gasteiger charge is 2.32. The number of rotatable bonds is 2. The molecule has 98 valence electrons. The van der Waals surface area contributed by atoms with Crippen molar-refractivity contribution in [3.63, 3.8) is 0 Å². The van der Waals surface area contributed by atoms with E-state index >= 15 is 0 Å². The van der Waals surface area contributed by atoms with Crippen molar-refractivity contribution in [3.8, 4) is 0 Å². The summed E-state index contributed by atoms with van der Waals surface area (Å²) >= 11 is 0. The van der Waals surface area contributed by atoms with Crippen LogP contribution in [0.5, 0.6) is 0 Å². The molecule has 2 fully saturated rings. The maximum atomic E-state index is 11.5. The molecule has 1 saturated heterocycles. The molecule has 4 atom stereocenters. The molecule has 1 heterocycles. The first-order chi connectivity index (χ1) is 8.08. The minimum Gasteiger partial charge on any atom is -0.300 e. The highest BCUT2D eigenvalue weighted by Crippen LogP contribution is 2.33. The summed E-state index contributed by atoms with van der Waals surface area (Å²) in [4.78, 5) is 14.1. The molecular formula is C15H27NO. The van der Waals surface area contributed by atoms with Gasteiger partial charge in [0.2, 0.25) is 0 Å². The molecule has 0 radical (unpaired) electrons. The van der Waals surface area contributed by atoms with Gasteiger partial charge in [0.25, 0.3) is 0 Å². The number of nitrogens with zero attached hydrogens (tertiary/aromatic N) is 1. The van der Waals surface area contributed by atoms with E-state index in [0.717, 1.165) is 30.8 Å². The molecule has 0 aromatic carbocycles. The van der Waals surface area contributed by atoms with E-state index in [4.69, 9.17) is 0 Å². The Labute approximate surface area is 106 Å². The lowest BCUT2D eigenvalue weighted by Crippen LogP contribution is -2.46. The van der Waals surface area contributed by atoms with Crippen LogP contribution >= 0.6 is 0 Å². The molecule has 2 aliphatic rings. The summed E-state index contributed by atoms with van der Waals surface area (Å²) in [6, 6.07) is 0.753. The largest absolute Gasteiger partial charge is 0.300 e. The third-order valence-electron chi connectivity index (χ3n) is 5.11. The highest BCUT2D eigenvalue weighted by molar-refractivity contribution is 5.78. The Morgan fingerprint density at radius 3 is 2.53 bits per heavy atom. The zero-order valence-corrected chi connectivity index (χ0v) is 11.6. The van der Waals surface area contributed by atoms with Crippen LogP contribution in [0.15, 0.2) is 0 Å². The Kier molecular flexibility index (Phi) is 4.24. The lowest BCUT2D eigenvalue weighted by Gasteiger charge is -2.42. The van der Waals surface area contributed by atoms with Gasteiger partial charge in [0.1, 0.15) is 5.78 Å². The standard InChI is InChI=1S/C15H27NO/c1-11-6-7-15(9-12(11)2)16-8-4-5-14(10-16)13(3)17/h11-12,14-15H,4-10H2,1-3H3. The monoisotopic (exact) mass is 237 g/mol. The lowest BCUT2D eigenvalue weighted by atomic mass is 9.78. The lowest BCUT2D eigenvalue weighted by molar-refractivity contribution is -0.122. The topological polar surface area (TPSA) is 20.3 Å². The first kappa shape index (κ1) is 13.1. The van der Waals surface area contributed by atoms with Crippen LogP contribution in [-0.4, -0.2) is 29.8 Å². The van der Waals surface area contributed by atoms with E-state index in [-0.39, 0.29) is 0 Å². The van der Waals surface area contributed by atoms with Gasteiger partial charge >= 0.3 is 0 Å². The Morgan fingerprint density at radius 1 is 1.12 bits per heavy atom. The molecule has 2 nitrogen and oxygen atoms in total. The molecule has 1 aliphatic heterocycles. The summed E-state index contributed by atoms with van der Waals surface area (Å²) in [5.41, 5.74) is 0. The fraction of sp³-hybridized carbons (Fsp3) is 0.933. The Bertz CT molecular complexity index is 276. The number of piperidine rings is 1. The van der Waals surface area contributed by atoms with Gasteiger partial charge in [-0.2, -0.15) is 0 Å². The first-order valence-corrected chi connectivity index (χ1v) is 7.32. The van der Waals surface area contributed by atoms with E-state index in [1.807, 2.05) is 0 Å². The zero-order valence-electron chi connectivity index (χ0n) is 11.6. The average molecular weight is 237 g/mol. The van der Waals surface area contributed by atoms with Gasteiger partial charge in [0, 0.05) is 18.5 Å². The summed E-state index contributed by atoms with van der Waals surface area (Å²) in [5, 5.41) is 0. The molecule has 0 amide bonds. The van der Waals surface area contributed by atoms with Crippen LogP contribution in [0.25, 0.3) is 0 Å². The van der Waals surface area contributed by atoms with Crippen LogP contribution in [-0.2, 0) is 4.79 Å². The van der Waals surface area contributed by atoms with E-state index in [1.54, 1.807) is 6.92 Å². The molecule has 0 spiro atoms. The van der Waals surface area contributed by atoms with Gasteiger partial charge in [-0.25, -0.2) is 0 Å². The smallest absolute Gasteiger partial charge is 0.134 e. The Hall–Kier alpha value is -0.370. The predicted octanol–water partition coefficient (Wildman–Crippen LogP) is 3.11. The maximum absolute atomic E-state index is 11.5. The quantitative estimate of drug-likeness (QED) is 0.735. The van der Waals surface area contributed by atoms with Crippen LogP contribution < -0.4 is 0 Å². The molecular weight excluding hydrogens is 210 g/mol. The van der Waals surface area contributed by atoms with E-state index in [0.29, 0.717) is 11.7 Å². The fourth-order valence-electron chi connectivity index (χ4n) is 3.52. The minimum absolute atomic E-state index is 0.318. The summed E-state index contributed by atoms with van der Waals surface area (Å²) in [5.74, 6) is 2.46. The van der Waals surface area contributed by atoms with Crippen molar-refractivity contribution in [2.75, 3.05) is 13.1 Å². The maximum Gasteiger partial charge on any atom is 0.134 e. The third kappa shape index (κ3) is 3.09. The molecule has 0 N–H and O–H groups in total. The molecule has 2 rings (SSSR count). The van der Waals surface area contributed by atoms with Gasteiger partial charge in [-0.15, -0.1) is 0 Å². The van der Waals surface area contributed by atoms with Crippen molar-refractivity contribution in [2.45, 2.75) is 58.9 Å². The van der Waals surface area contributed by atoms with Crippen molar-refractivity contribution < 1.29 is 4.79 Å². The van der Waals surface area contributed by atoms with Crippen LogP contribution in [0.1, 0.15) is 52.9 Å². The van der Waals surface area contributed by atoms with E-state index in [1.165, 1.54) is 32.2 Å². The van der Waals surface area contributed by atoms with Crippen molar-refractivity contribution in [1.82, 2.24) is 4.90 Å². The summed E-state index contributed by atoms with van der Waals surface area (Å²) < 4.78 is 0. The van der Waals surface area contributed by atoms with Gasteiger partial charge in [0.15, 0.2) is 0 Å². The molecule has 2 heteroatoms. The molecule has 0 aromatic rings. The summed E-state index contributed by atoms with van der Waals surface area (Å²) in [7, 11) is 0. The van der Waals surface area contributed by atoms with E-state index < -0.39 is 0 Å². The number of carbonyl (C=O) groups excluding carboxylic acids is 1. The van der Waals surface area contributed by atoms with Crippen LogP contribution in [0.4, 0.5) is 0 Å². The number of likely N-dealkylation sites (tertiary alicyclic amines) is 1. The van der Waals surface area contributed by atoms with Gasteiger partial charge in [-0.3, -0.25) is 9.69 Å². The molecule has 0 aromatic heterocycles. The van der Waals surface area contributed by atoms with E-state index in [2.05, 4.69) is 18.7 Å². The minimum atomic E-state index is 0.318. The van der Waals surface area contributed by atoms with Crippen molar-refractivity contribution >= 4 is 5.78 Å². The van der Waals surface area contributed by atoms with Crippen molar-refractivity contribution in [2.24, 2.45) is 17.8 Å². The Morgan fingerprint density at radius 2 is 1.88 bits per heavy atom. The number of hydrogen-bond acceptors (Lipinski definition) is 2. The van der Waals surface area contributed by atoms with Crippen LogP contribution in [0, 0.1) is 17.8 Å².